The summed E-state index contributed by atoms with van der Waals surface area (Å²) in [6.45, 7) is -0.848. The van der Waals surface area contributed by atoms with Crippen LogP contribution >= 0.6 is 0 Å². The largest absolute Gasteiger partial charge is 0.418 e. The fraction of sp³-hybridized carbons (Fsp3) is 0.250. The molecular weight excluding hydrogens is 287 g/mol. The molecule has 110 valence electrons. The molecule has 0 aliphatic heterocycles. The van der Waals surface area contributed by atoms with Gasteiger partial charge in [-0.3, -0.25) is 10.6 Å². The maximum Gasteiger partial charge on any atom is 0.418 e. The lowest BCUT2D eigenvalue weighted by Gasteiger charge is -2.20. The zero-order valence-corrected chi connectivity index (χ0v) is 10.6. The molecule has 1 aromatic carbocycles. The number of anilines is 1. The number of amides is 1. The third-order valence-electron chi connectivity index (χ3n) is 2.55. The molecule has 21 heavy (non-hydrogen) atoms. The van der Waals surface area contributed by atoms with Gasteiger partial charge in [0.2, 0.25) is 0 Å². The van der Waals surface area contributed by atoms with Crippen molar-refractivity contribution in [1.29, 1.82) is 10.5 Å². The molecule has 1 rings (SSSR count). The highest BCUT2D eigenvalue weighted by Crippen LogP contribution is 2.36. The van der Waals surface area contributed by atoms with E-state index in [1.807, 2.05) is 5.43 Å². The first-order valence-corrected chi connectivity index (χ1v) is 5.56. The first-order valence-electron chi connectivity index (χ1n) is 5.56. The minimum absolute atomic E-state index is 0.363. The van der Waals surface area contributed by atoms with Crippen molar-refractivity contribution in [3.05, 3.63) is 29.3 Å². The van der Waals surface area contributed by atoms with Crippen LogP contribution in [-0.2, 0) is 6.18 Å². The van der Waals surface area contributed by atoms with Crippen LogP contribution in [0.1, 0.15) is 15.9 Å². The molecule has 0 saturated carbocycles. The number of carbonyl (C=O) groups is 1. The summed E-state index contributed by atoms with van der Waals surface area (Å²) in [6, 6.07) is 6.28. The summed E-state index contributed by atoms with van der Waals surface area (Å²) >= 11 is 0. The van der Waals surface area contributed by atoms with E-state index in [-0.39, 0.29) is 5.56 Å². The van der Waals surface area contributed by atoms with Gasteiger partial charge in [0.15, 0.2) is 0 Å². The van der Waals surface area contributed by atoms with Gasteiger partial charge in [0.1, 0.15) is 13.1 Å². The van der Waals surface area contributed by atoms with Crippen molar-refractivity contribution in [3.63, 3.8) is 0 Å². The van der Waals surface area contributed by atoms with Crippen molar-refractivity contribution in [2.45, 2.75) is 6.18 Å². The molecule has 0 saturated heterocycles. The van der Waals surface area contributed by atoms with E-state index < -0.39 is 36.4 Å². The number of hydrazine groups is 1. The quantitative estimate of drug-likeness (QED) is 0.497. The Morgan fingerprint density at radius 3 is 2.29 bits per heavy atom. The highest BCUT2D eigenvalue weighted by atomic mass is 19.4. The maximum absolute atomic E-state index is 12.9. The number of carbonyl (C=O) groups excluding carboxylic acids is 1. The minimum atomic E-state index is -4.70. The average molecular weight is 297 g/mol. The molecule has 0 unspecified atom stereocenters. The van der Waals surface area contributed by atoms with E-state index in [2.05, 4.69) is 0 Å². The Morgan fingerprint density at radius 2 is 1.86 bits per heavy atom. The monoisotopic (exact) mass is 297 g/mol. The van der Waals surface area contributed by atoms with Gasteiger partial charge in [0.25, 0.3) is 5.91 Å². The summed E-state index contributed by atoms with van der Waals surface area (Å²) in [5, 5.41) is 17.2. The predicted octanol–water partition coefficient (Wildman–Crippen LogP) is 1.48. The second-order valence-corrected chi connectivity index (χ2v) is 3.85. The Labute approximate surface area is 118 Å². The molecule has 3 N–H and O–H groups in total. The van der Waals surface area contributed by atoms with Crippen molar-refractivity contribution in [2.75, 3.05) is 18.5 Å². The lowest BCUT2D eigenvalue weighted by Crippen LogP contribution is -2.33. The molecule has 0 aromatic heterocycles. The van der Waals surface area contributed by atoms with Gasteiger partial charge in [-0.15, -0.1) is 0 Å². The second-order valence-electron chi connectivity index (χ2n) is 3.85. The highest BCUT2D eigenvalue weighted by Gasteiger charge is 2.35. The van der Waals surface area contributed by atoms with E-state index in [4.69, 9.17) is 16.4 Å². The van der Waals surface area contributed by atoms with Crippen LogP contribution < -0.4 is 11.3 Å². The van der Waals surface area contributed by atoms with Gasteiger partial charge >= 0.3 is 6.18 Å². The number of para-hydroxylation sites is 1. The van der Waals surface area contributed by atoms with Crippen molar-refractivity contribution in [1.82, 2.24) is 4.90 Å². The molecule has 0 aliphatic rings. The van der Waals surface area contributed by atoms with E-state index in [1.54, 1.807) is 12.1 Å². The standard InChI is InChI=1S/C12H10F3N5O/c13-12(14,15)9-3-1-2-8(10(9)19-18)11(21)20(6-4-16)7-5-17/h1-3,19H,6-7,18H2. The Balaban J connectivity index is 3.34. The van der Waals surface area contributed by atoms with Gasteiger partial charge in [-0.25, -0.2) is 0 Å². The van der Waals surface area contributed by atoms with Crippen LogP contribution in [0.4, 0.5) is 18.9 Å². The normalized spacial score (nSPS) is 10.4. The number of alkyl halides is 3. The van der Waals surface area contributed by atoms with Crippen LogP contribution in [0.2, 0.25) is 0 Å². The van der Waals surface area contributed by atoms with Crippen molar-refractivity contribution in [3.8, 4) is 12.1 Å². The van der Waals surface area contributed by atoms with Gasteiger partial charge in [-0.2, -0.15) is 23.7 Å². The van der Waals surface area contributed by atoms with Crippen molar-refractivity contribution >= 4 is 11.6 Å². The third-order valence-corrected chi connectivity index (χ3v) is 2.55. The molecule has 0 radical (unpaired) electrons. The molecule has 1 amide bonds. The van der Waals surface area contributed by atoms with E-state index in [9.17, 15) is 18.0 Å². The molecule has 0 spiro atoms. The van der Waals surface area contributed by atoms with E-state index >= 15 is 0 Å². The van der Waals surface area contributed by atoms with Gasteiger partial charge in [0, 0.05) is 0 Å². The van der Waals surface area contributed by atoms with Gasteiger partial charge in [-0.1, -0.05) is 6.07 Å². The number of rotatable bonds is 4. The third kappa shape index (κ3) is 3.61. The minimum Gasteiger partial charge on any atom is -0.323 e. The summed E-state index contributed by atoms with van der Waals surface area (Å²) in [5.74, 6) is 4.19. The molecule has 0 bridgehead atoms. The number of nitrogen functional groups attached to an aromatic ring is 1. The van der Waals surface area contributed by atoms with Crippen LogP contribution in [0.3, 0.4) is 0 Å². The smallest absolute Gasteiger partial charge is 0.323 e. The number of hydrogen-bond acceptors (Lipinski definition) is 5. The number of nitriles is 2. The highest BCUT2D eigenvalue weighted by molar-refractivity contribution is 6.00. The molecule has 9 heteroatoms. The van der Waals surface area contributed by atoms with Crippen LogP contribution in [0.25, 0.3) is 0 Å². The number of nitrogens with one attached hydrogen (secondary N) is 1. The number of nitrogens with zero attached hydrogens (tertiary/aromatic N) is 3. The fourth-order valence-electron chi connectivity index (χ4n) is 1.66. The van der Waals surface area contributed by atoms with Gasteiger partial charge in [0.05, 0.1) is 29.0 Å². The first kappa shape index (κ1) is 16.3. The zero-order chi connectivity index (χ0) is 16.0. The van der Waals surface area contributed by atoms with Crippen molar-refractivity contribution in [2.24, 2.45) is 5.84 Å². The molecular formula is C12H10F3N5O. The Bertz CT molecular complexity index is 599. The van der Waals surface area contributed by atoms with Gasteiger partial charge < -0.3 is 10.3 Å². The summed E-state index contributed by atoms with van der Waals surface area (Å²) in [6.07, 6.45) is -4.70. The van der Waals surface area contributed by atoms with E-state index in [0.717, 1.165) is 23.1 Å². The first-order chi connectivity index (χ1) is 9.86. The molecule has 0 fully saturated rings. The number of halogens is 3. The van der Waals surface area contributed by atoms with Crippen LogP contribution in [0.15, 0.2) is 18.2 Å². The number of nitrogens with two attached hydrogens (primary N) is 1. The van der Waals surface area contributed by atoms with Crippen LogP contribution in [0, 0.1) is 22.7 Å². The molecule has 0 heterocycles. The lowest BCUT2D eigenvalue weighted by molar-refractivity contribution is -0.137. The fourth-order valence-corrected chi connectivity index (χ4v) is 1.66. The zero-order valence-electron chi connectivity index (χ0n) is 10.6. The number of benzene rings is 1. The van der Waals surface area contributed by atoms with E-state index in [0.29, 0.717) is 0 Å². The molecule has 1 aromatic rings. The number of hydrogen-bond donors (Lipinski definition) is 2. The van der Waals surface area contributed by atoms with Gasteiger partial charge in [-0.05, 0) is 12.1 Å². The summed E-state index contributed by atoms with van der Waals surface area (Å²) < 4.78 is 38.6. The van der Waals surface area contributed by atoms with Crippen LogP contribution in [0.5, 0.6) is 0 Å². The van der Waals surface area contributed by atoms with E-state index in [1.165, 1.54) is 0 Å². The SMILES string of the molecule is N#CCN(CC#N)C(=O)c1cccc(C(F)(F)F)c1NN. The molecule has 0 aliphatic carbocycles. The van der Waals surface area contributed by atoms with Crippen molar-refractivity contribution < 1.29 is 18.0 Å². The average Bonchev–Trinajstić information content (AvgIpc) is 2.44. The maximum atomic E-state index is 12.9. The molecule has 6 nitrogen and oxygen atoms in total. The predicted molar refractivity (Wildman–Crippen MR) is 66.4 cm³/mol. The Hall–Kier alpha value is -2.78. The topological polar surface area (TPSA) is 106 Å². The second kappa shape index (κ2) is 6.59. The molecule has 0 atom stereocenters. The Morgan fingerprint density at radius 1 is 1.29 bits per heavy atom. The summed E-state index contributed by atoms with van der Waals surface area (Å²) in [4.78, 5) is 13.0. The summed E-state index contributed by atoms with van der Waals surface area (Å²) in [5.41, 5.74) is -0.214. The lowest BCUT2D eigenvalue weighted by atomic mass is 10.1. The van der Waals surface area contributed by atoms with Crippen LogP contribution in [-0.4, -0.2) is 23.9 Å². The Kier molecular flexibility index (Phi) is 5.11. The summed E-state index contributed by atoms with van der Waals surface area (Å²) in [7, 11) is 0.